The Labute approximate surface area is 87.9 Å². The Balaban J connectivity index is 2.95. The lowest BCUT2D eigenvalue weighted by atomic mass is 10.1. The summed E-state index contributed by atoms with van der Waals surface area (Å²) in [6.07, 6.45) is 1.84. The van der Waals surface area contributed by atoms with Gasteiger partial charge < -0.3 is 4.74 Å². The van der Waals surface area contributed by atoms with E-state index in [0.717, 1.165) is 18.4 Å². The molecule has 0 atom stereocenters. The quantitative estimate of drug-likeness (QED) is 0.731. The standard InChI is InChI=1S/C8H8Br2O2/c1-2-3-5-6(4-9)12-8(11)7(5)10/h4H,2-3H2,1H3. The normalized spacial score (nSPS) is 20.6. The molecule has 0 saturated carbocycles. The summed E-state index contributed by atoms with van der Waals surface area (Å²) in [5.74, 6) is 0.317. The van der Waals surface area contributed by atoms with Crippen LogP contribution in [0.25, 0.3) is 0 Å². The van der Waals surface area contributed by atoms with Gasteiger partial charge in [-0.25, -0.2) is 4.79 Å². The van der Waals surface area contributed by atoms with E-state index < -0.39 is 0 Å². The lowest BCUT2D eigenvalue weighted by molar-refractivity contribution is -0.132. The molecule has 0 aliphatic carbocycles. The van der Waals surface area contributed by atoms with Crippen molar-refractivity contribution in [3.8, 4) is 0 Å². The summed E-state index contributed by atoms with van der Waals surface area (Å²) in [5.41, 5.74) is 0.944. The number of carbonyl (C=O) groups excluding carboxylic acids is 1. The van der Waals surface area contributed by atoms with Crippen molar-refractivity contribution in [2.45, 2.75) is 19.8 Å². The molecule has 0 aromatic carbocycles. The molecule has 1 aliphatic rings. The molecule has 1 rings (SSSR count). The van der Waals surface area contributed by atoms with Crippen LogP contribution < -0.4 is 0 Å². The number of halogens is 2. The summed E-state index contributed by atoms with van der Waals surface area (Å²) >= 11 is 6.34. The topological polar surface area (TPSA) is 26.3 Å². The molecule has 0 fully saturated rings. The van der Waals surface area contributed by atoms with Crippen LogP contribution in [0.2, 0.25) is 0 Å². The molecule has 4 heteroatoms. The van der Waals surface area contributed by atoms with E-state index in [1.54, 1.807) is 4.99 Å². The van der Waals surface area contributed by atoms with Crippen molar-refractivity contribution in [1.29, 1.82) is 0 Å². The Morgan fingerprint density at radius 3 is 2.75 bits per heavy atom. The third-order valence-electron chi connectivity index (χ3n) is 1.54. The summed E-state index contributed by atoms with van der Waals surface area (Å²) < 4.78 is 5.49. The highest BCUT2D eigenvalue weighted by molar-refractivity contribution is 9.12. The van der Waals surface area contributed by atoms with Crippen LogP contribution in [0.1, 0.15) is 19.8 Å². The first-order chi connectivity index (χ1) is 5.70. The van der Waals surface area contributed by atoms with Gasteiger partial charge in [0.1, 0.15) is 10.2 Å². The first kappa shape index (κ1) is 9.99. The first-order valence-corrected chi connectivity index (χ1v) is 5.33. The predicted octanol–water partition coefficient (Wildman–Crippen LogP) is 3.23. The molecule has 0 aromatic heterocycles. The fourth-order valence-corrected chi connectivity index (χ4v) is 1.85. The zero-order valence-electron chi connectivity index (χ0n) is 6.56. The molecular weight excluding hydrogens is 288 g/mol. The SMILES string of the molecule is CCCC1=C(Br)C(=O)OC1=CBr. The summed E-state index contributed by atoms with van der Waals surface area (Å²) in [4.78, 5) is 12.7. The van der Waals surface area contributed by atoms with Crippen LogP contribution in [0.3, 0.4) is 0 Å². The van der Waals surface area contributed by atoms with Gasteiger partial charge in [-0.15, -0.1) is 0 Å². The number of hydrogen-bond donors (Lipinski definition) is 0. The summed E-state index contributed by atoms with van der Waals surface area (Å²) in [6.45, 7) is 2.06. The molecule has 66 valence electrons. The van der Waals surface area contributed by atoms with E-state index in [4.69, 9.17) is 4.74 Å². The van der Waals surface area contributed by atoms with Crippen molar-refractivity contribution < 1.29 is 9.53 Å². The van der Waals surface area contributed by atoms with Gasteiger partial charge in [-0.05, 0) is 22.4 Å². The van der Waals surface area contributed by atoms with E-state index in [1.807, 2.05) is 0 Å². The van der Waals surface area contributed by atoms with E-state index in [2.05, 4.69) is 38.8 Å². The van der Waals surface area contributed by atoms with E-state index in [-0.39, 0.29) is 5.97 Å². The van der Waals surface area contributed by atoms with Crippen molar-refractivity contribution in [3.05, 3.63) is 20.8 Å². The number of esters is 1. The average Bonchev–Trinajstić information content (AvgIpc) is 2.33. The highest BCUT2D eigenvalue weighted by Gasteiger charge is 2.26. The first-order valence-electron chi connectivity index (χ1n) is 3.62. The smallest absolute Gasteiger partial charge is 0.351 e. The predicted molar refractivity (Wildman–Crippen MR) is 54.0 cm³/mol. The van der Waals surface area contributed by atoms with Gasteiger partial charge in [-0.1, -0.05) is 29.3 Å². The molecule has 0 amide bonds. The number of allylic oxidation sites excluding steroid dienone is 1. The molecular formula is C8H8Br2O2. The number of carbonyl (C=O) groups is 1. The Morgan fingerprint density at radius 1 is 1.58 bits per heavy atom. The van der Waals surface area contributed by atoms with Gasteiger partial charge in [0.2, 0.25) is 0 Å². The molecule has 1 heterocycles. The summed E-state index contributed by atoms with van der Waals surface area (Å²) in [7, 11) is 0. The third-order valence-corrected chi connectivity index (χ3v) is 2.76. The number of ether oxygens (including phenoxy) is 1. The highest BCUT2D eigenvalue weighted by Crippen LogP contribution is 2.33. The van der Waals surface area contributed by atoms with Gasteiger partial charge in [0.15, 0.2) is 0 Å². The molecule has 0 aromatic rings. The minimum atomic E-state index is -0.302. The Morgan fingerprint density at radius 2 is 2.25 bits per heavy atom. The molecule has 0 saturated heterocycles. The zero-order chi connectivity index (χ0) is 9.14. The molecule has 0 radical (unpaired) electrons. The fraction of sp³-hybridized carbons (Fsp3) is 0.375. The maximum absolute atomic E-state index is 11.0. The largest absolute Gasteiger partial charge is 0.422 e. The fourth-order valence-electron chi connectivity index (χ4n) is 1.01. The van der Waals surface area contributed by atoms with Gasteiger partial charge in [0, 0.05) is 10.6 Å². The maximum Gasteiger partial charge on any atom is 0.351 e. The van der Waals surface area contributed by atoms with E-state index >= 15 is 0 Å². The number of hydrogen-bond acceptors (Lipinski definition) is 2. The van der Waals surface area contributed by atoms with Gasteiger partial charge in [0.25, 0.3) is 0 Å². The second-order valence-electron chi connectivity index (χ2n) is 2.41. The third kappa shape index (κ3) is 1.80. The van der Waals surface area contributed by atoms with Crippen molar-refractivity contribution in [1.82, 2.24) is 0 Å². The van der Waals surface area contributed by atoms with Crippen molar-refractivity contribution in [2.75, 3.05) is 0 Å². The van der Waals surface area contributed by atoms with Gasteiger partial charge >= 0.3 is 5.97 Å². The molecule has 2 nitrogen and oxygen atoms in total. The van der Waals surface area contributed by atoms with Crippen molar-refractivity contribution in [2.24, 2.45) is 0 Å². The number of cyclic esters (lactones) is 1. The lowest BCUT2D eigenvalue weighted by Gasteiger charge is -1.99. The Hall–Kier alpha value is -0.0900. The maximum atomic E-state index is 11.0. The average molecular weight is 296 g/mol. The summed E-state index contributed by atoms with van der Waals surface area (Å²) in [6, 6.07) is 0. The Bertz CT molecular complexity index is 266. The van der Waals surface area contributed by atoms with Crippen LogP contribution in [-0.4, -0.2) is 5.97 Å². The molecule has 0 bridgehead atoms. The van der Waals surface area contributed by atoms with Crippen LogP contribution in [0.4, 0.5) is 0 Å². The minimum Gasteiger partial charge on any atom is -0.422 e. The molecule has 0 spiro atoms. The monoisotopic (exact) mass is 294 g/mol. The van der Waals surface area contributed by atoms with Crippen LogP contribution in [0.15, 0.2) is 20.8 Å². The van der Waals surface area contributed by atoms with Crippen LogP contribution in [0.5, 0.6) is 0 Å². The van der Waals surface area contributed by atoms with Crippen LogP contribution in [0, 0.1) is 0 Å². The van der Waals surface area contributed by atoms with Crippen LogP contribution in [-0.2, 0) is 9.53 Å². The lowest BCUT2D eigenvalue weighted by Crippen LogP contribution is -1.92. The minimum absolute atomic E-state index is 0.302. The zero-order valence-corrected chi connectivity index (χ0v) is 9.74. The van der Waals surface area contributed by atoms with E-state index in [9.17, 15) is 4.79 Å². The highest BCUT2D eigenvalue weighted by atomic mass is 79.9. The Kier molecular flexibility index (Phi) is 3.53. The van der Waals surface area contributed by atoms with E-state index in [0.29, 0.717) is 10.2 Å². The molecule has 12 heavy (non-hydrogen) atoms. The van der Waals surface area contributed by atoms with E-state index in [1.165, 1.54) is 0 Å². The second-order valence-corrected chi connectivity index (χ2v) is 3.66. The molecule has 0 N–H and O–H groups in total. The van der Waals surface area contributed by atoms with Gasteiger partial charge in [0.05, 0.1) is 0 Å². The van der Waals surface area contributed by atoms with Gasteiger partial charge in [-0.3, -0.25) is 0 Å². The van der Waals surface area contributed by atoms with Gasteiger partial charge in [-0.2, -0.15) is 0 Å². The van der Waals surface area contributed by atoms with Crippen LogP contribution >= 0.6 is 31.9 Å². The number of rotatable bonds is 2. The molecule has 0 unspecified atom stereocenters. The summed E-state index contributed by atoms with van der Waals surface area (Å²) in [5, 5.41) is 0. The second kappa shape index (κ2) is 4.23. The van der Waals surface area contributed by atoms with Crippen molar-refractivity contribution in [3.63, 3.8) is 0 Å². The van der Waals surface area contributed by atoms with Crippen molar-refractivity contribution >= 4 is 37.8 Å². The molecule has 1 aliphatic heterocycles.